The van der Waals surface area contributed by atoms with E-state index in [9.17, 15) is 4.79 Å². The summed E-state index contributed by atoms with van der Waals surface area (Å²) < 4.78 is 6.72. The summed E-state index contributed by atoms with van der Waals surface area (Å²) in [6.45, 7) is 7.01. The molecular formula is C21H29N3O2S. The average Bonchev–Trinajstić information content (AvgIpc) is 3.10. The van der Waals surface area contributed by atoms with Crippen LogP contribution in [0, 0.1) is 5.92 Å². The second-order valence-corrected chi connectivity index (χ2v) is 9.11. The number of amides is 1. The van der Waals surface area contributed by atoms with Crippen molar-refractivity contribution in [1.29, 1.82) is 0 Å². The second-order valence-electron chi connectivity index (χ2n) is 8.22. The van der Waals surface area contributed by atoms with Crippen molar-refractivity contribution < 1.29 is 9.53 Å². The maximum absolute atomic E-state index is 12.9. The lowest BCUT2D eigenvalue weighted by Crippen LogP contribution is -2.56. The number of anilines is 1. The number of aromatic nitrogens is 1. The Morgan fingerprint density at radius 3 is 2.81 bits per heavy atom. The van der Waals surface area contributed by atoms with Gasteiger partial charge in [-0.2, -0.15) is 0 Å². The van der Waals surface area contributed by atoms with Crippen molar-refractivity contribution in [2.45, 2.75) is 58.0 Å². The summed E-state index contributed by atoms with van der Waals surface area (Å²) >= 11 is 1.61. The summed E-state index contributed by atoms with van der Waals surface area (Å²) in [5.41, 5.74) is 3.77. The Morgan fingerprint density at radius 2 is 2.07 bits per heavy atom. The van der Waals surface area contributed by atoms with Crippen LogP contribution in [0.2, 0.25) is 0 Å². The Hall–Kier alpha value is -1.66. The minimum absolute atomic E-state index is 0.213. The highest BCUT2D eigenvalue weighted by Crippen LogP contribution is 2.36. The summed E-state index contributed by atoms with van der Waals surface area (Å²) in [6, 6.07) is 6.93. The lowest BCUT2D eigenvalue weighted by Gasteiger charge is -2.48. The molecule has 1 aliphatic heterocycles. The van der Waals surface area contributed by atoms with Crippen LogP contribution in [0.1, 0.15) is 46.0 Å². The molecule has 1 saturated carbocycles. The molecule has 1 aromatic carbocycles. The third-order valence-corrected chi connectivity index (χ3v) is 6.48. The number of fused-ring (bicyclic) bond motifs is 1. The summed E-state index contributed by atoms with van der Waals surface area (Å²) in [4.78, 5) is 21.8. The highest BCUT2D eigenvalue weighted by molar-refractivity contribution is 7.16. The molecule has 1 saturated heterocycles. The van der Waals surface area contributed by atoms with E-state index in [0.29, 0.717) is 18.6 Å². The van der Waals surface area contributed by atoms with Gasteiger partial charge in [-0.3, -0.25) is 4.90 Å². The van der Waals surface area contributed by atoms with Crippen LogP contribution in [0.15, 0.2) is 23.7 Å². The first-order chi connectivity index (χ1) is 13.1. The molecule has 1 aromatic heterocycles. The zero-order valence-electron chi connectivity index (χ0n) is 16.3. The summed E-state index contributed by atoms with van der Waals surface area (Å²) in [5.74, 6) is 0.335. The Kier molecular flexibility index (Phi) is 5.64. The number of thiazole rings is 1. The number of piperidine rings is 1. The molecule has 0 N–H and O–H groups in total. The molecule has 0 atom stereocenters. The van der Waals surface area contributed by atoms with E-state index >= 15 is 0 Å². The standard InChI is InChI=1S/C21H29N3O2S/c1-15(2)13-26-21(25)24(16-6-7-19-20(12-16)27-14-22-19)18-10-17(11-18)23-8-4-3-5-9-23/h6-7,12,14-15,17-18H,3-5,8-11,13H2,1-2H3. The third kappa shape index (κ3) is 4.11. The normalized spacial score (nSPS) is 23.4. The molecule has 2 aromatic rings. The molecule has 4 rings (SSSR count). The number of hydrogen-bond donors (Lipinski definition) is 0. The zero-order valence-corrected chi connectivity index (χ0v) is 17.1. The van der Waals surface area contributed by atoms with E-state index in [1.165, 1.54) is 32.4 Å². The van der Waals surface area contributed by atoms with Gasteiger partial charge in [0.1, 0.15) is 0 Å². The van der Waals surface area contributed by atoms with Gasteiger partial charge in [-0.25, -0.2) is 9.78 Å². The lowest BCUT2D eigenvalue weighted by molar-refractivity contribution is 0.0812. The zero-order chi connectivity index (χ0) is 18.8. The molecule has 0 spiro atoms. The summed E-state index contributed by atoms with van der Waals surface area (Å²) in [7, 11) is 0. The van der Waals surface area contributed by atoms with Crippen LogP contribution in [0.25, 0.3) is 10.2 Å². The number of ether oxygens (including phenoxy) is 1. The molecule has 146 valence electrons. The lowest BCUT2D eigenvalue weighted by atomic mass is 9.83. The maximum atomic E-state index is 12.9. The predicted molar refractivity (Wildman–Crippen MR) is 111 cm³/mol. The third-order valence-electron chi connectivity index (χ3n) is 5.69. The molecule has 2 aliphatic rings. The van der Waals surface area contributed by atoms with Crippen molar-refractivity contribution in [3.63, 3.8) is 0 Å². The molecule has 5 nitrogen and oxygen atoms in total. The fourth-order valence-corrected chi connectivity index (χ4v) is 4.83. The van der Waals surface area contributed by atoms with Gasteiger partial charge in [0, 0.05) is 17.8 Å². The highest BCUT2D eigenvalue weighted by Gasteiger charge is 2.40. The van der Waals surface area contributed by atoms with Crippen LogP contribution in [-0.2, 0) is 4.74 Å². The van der Waals surface area contributed by atoms with Crippen LogP contribution >= 0.6 is 11.3 Å². The molecule has 1 aliphatic carbocycles. The first kappa shape index (κ1) is 18.7. The van der Waals surface area contributed by atoms with Gasteiger partial charge in [0.15, 0.2) is 0 Å². The van der Waals surface area contributed by atoms with Crippen LogP contribution in [0.5, 0.6) is 0 Å². The Morgan fingerprint density at radius 1 is 1.30 bits per heavy atom. The SMILES string of the molecule is CC(C)COC(=O)N(c1ccc2ncsc2c1)C1CC(N2CCCCC2)C1. The second kappa shape index (κ2) is 8.15. The van der Waals surface area contributed by atoms with Crippen LogP contribution < -0.4 is 4.90 Å². The van der Waals surface area contributed by atoms with Crippen molar-refractivity contribution in [2.75, 3.05) is 24.6 Å². The minimum Gasteiger partial charge on any atom is -0.449 e. The van der Waals surface area contributed by atoms with E-state index in [4.69, 9.17) is 4.74 Å². The largest absolute Gasteiger partial charge is 0.449 e. The minimum atomic E-state index is -0.213. The van der Waals surface area contributed by atoms with Crippen LogP contribution in [0.3, 0.4) is 0 Å². The number of hydrogen-bond acceptors (Lipinski definition) is 5. The smallest absolute Gasteiger partial charge is 0.414 e. The fraction of sp³-hybridized carbons (Fsp3) is 0.619. The Labute approximate surface area is 165 Å². The Balaban J connectivity index is 1.50. The number of carbonyl (C=O) groups is 1. The van der Waals surface area contributed by atoms with Gasteiger partial charge in [0.05, 0.1) is 22.3 Å². The number of carbonyl (C=O) groups excluding carboxylic acids is 1. The molecule has 0 unspecified atom stereocenters. The van der Waals surface area contributed by atoms with Crippen LogP contribution in [0.4, 0.5) is 10.5 Å². The van der Waals surface area contributed by atoms with Crippen molar-refractivity contribution in [1.82, 2.24) is 9.88 Å². The molecule has 1 amide bonds. The van der Waals surface area contributed by atoms with Crippen molar-refractivity contribution in [2.24, 2.45) is 5.92 Å². The van der Waals surface area contributed by atoms with E-state index in [2.05, 4.69) is 29.8 Å². The molecule has 0 radical (unpaired) electrons. The first-order valence-corrected chi connectivity index (χ1v) is 11.0. The maximum Gasteiger partial charge on any atom is 0.414 e. The number of nitrogens with zero attached hydrogens (tertiary/aromatic N) is 3. The fourth-order valence-electron chi connectivity index (χ4n) is 4.12. The van der Waals surface area contributed by atoms with E-state index in [1.54, 1.807) is 11.3 Å². The quantitative estimate of drug-likeness (QED) is 0.731. The van der Waals surface area contributed by atoms with E-state index in [-0.39, 0.29) is 12.1 Å². The molecule has 2 heterocycles. The Bertz CT molecular complexity index is 779. The predicted octanol–water partition coefficient (Wildman–Crippen LogP) is 4.91. The van der Waals surface area contributed by atoms with Crippen molar-refractivity contribution in [3.05, 3.63) is 23.7 Å². The van der Waals surface area contributed by atoms with E-state index in [1.807, 2.05) is 22.5 Å². The van der Waals surface area contributed by atoms with E-state index < -0.39 is 0 Å². The topological polar surface area (TPSA) is 45.7 Å². The number of benzene rings is 1. The van der Waals surface area contributed by atoms with Gasteiger partial charge in [0.25, 0.3) is 0 Å². The number of rotatable bonds is 5. The monoisotopic (exact) mass is 387 g/mol. The highest BCUT2D eigenvalue weighted by atomic mass is 32.1. The van der Waals surface area contributed by atoms with Crippen molar-refractivity contribution >= 4 is 33.3 Å². The molecule has 0 bridgehead atoms. The molecular weight excluding hydrogens is 358 g/mol. The van der Waals surface area contributed by atoms with Gasteiger partial charge in [-0.15, -0.1) is 11.3 Å². The average molecular weight is 388 g/mol. The van der Waals surface area contributed by atoms with Gasteiger partial charge < -0.3 is 9.64 Å². The summed E-state index contributed by atoms with van der Waals surface area (Å²) in [6.07, 6.45) is 5.84. The first-order valence-electron chi connectivity index (χ1n) is 10.1. The molecule has 6 heteroatoms. The van der Waals surface area contributed by atoms with Crippen LogP contribution in [-0.4, -0.2) is 47.8 Å². The van der Waals surface area contributed by atoms with Gasteiger partial charge in [-0.05, 0) is 62.9 Å². The van der Waals surface area contributed by atoms with Crippen molar-refractivity contribution in [3.8, 4) is 0 Å². The number of likely N-dealkylation sites (tertiary alicyclic amines) is 1. The summed E-state index contributed by atoms with van der Waals surface area (Å²) in [5, 5.41) is 0. The van der Waals surface area contributed by atoms with Gasteiger partial charge >= 0.3 is 6.09 Å². The molecule has 2 fully saturated rings. The van der Waals surface area contributed by atoms with E-state index in [0.717, 1.165) is 28.7 Å². The molecule has 27 heavy (non-hydrogen) atoms. The van der Waals surface area contributed by atoms with Gasteiger partial charge in [-0.1, -0.05) is 20.3 Å². The van der Waals surface area contributed by atoms with Gasteiger partial charge in [0.2, 0.25) is 0 Å².